The molecule has 1 aliphatic rings. The Kier molecular flexibility index (Phi) is 3.58. The van der Waals surface area contributed by atoms with E-state index in [1.54, 1.807) is 0 Å². The Morgan fingerprint density at radius 1 is 1.25 bits per heavy atom. The molecule has 0 spiro atoms. The standard InChI is InChI=1S/C14H16N.Li/c1-15(2)14-10-6-5-9-13(14)11-12-7-3-4-8-12;/h3,5-7,9-10H,4,11H2,1-2H3;. The van der Waals surface area contributed by atoms with Gasteiger partial charge in [-0.1, -0.05) is 0 Å². The second-order valence-corrected chi connectivity index (χ2v) is 4.61. The summed E-state index contributed by atoms with van der Waals surface area (Å²) in [4.78, 5) is 2.18. The van der Waals surface area contributed by atoms with Crippen LogP contribution in [-0.2, 0) is 6.42 Å². The number of anilines is 1. The Morgan fingerprint density at radius 2 is 2.00 bits per heavy atom. The van der Waals surface area contributed by atoms with Gasteiger partial charge in [0.2, 0.25) is 0 Å². The van der Waals surface area contributed by atoms with Crippen molar-refractivity contribution in [1.29, 1.82) is 0 Å². The molecule has 1 aliphatic carbocycles. The van der Waals surface area contributed by atoms with Gasteiger partial charge in [-0.25, -0.2) is 0 Å². The SMILES string of the molecule is [Li][C]1=C(Cc2ccccc2N(C)C)C=CC1. The van der Waals surface area contributed by atoms with Gasteiger partial charge in [0.25, 0.3) is 0 Å². The first-order valence-corrected chi connectivity index (χ1v) is 5.79. The van der Waals surface area contributed by atoms with Crippen LogP contribution in [0.2, 0.25) is 0 Å². The number of benzene rings is 1. The van der Waals surface area contributed by atoms with E-state index in [1.165, 1.54) is 21.1 Å². The van der Waals surface area contributed by atoms with Gasteiger partial charge in [-0.2, -0.15) is 0 Å². The van der Waals surface area contributed by atoms with Gasteiger partial charge in [-0.3, -0.25) is 0 Å². The van der Waals surface area contributed by atoms with E-state index in [2.05, 4.69) is 73.1 Å². The van der Waals surface area contributed by atoms with E-state index in [0.29, 0.717) is 0 Å². The molecule has 0 aliphatic heterocycles. The Labute approximate surface area is 107 Å². The first kappa shape index (κ1) is 11.6. The van der Waals surface area contributed by atoms with E-state index in [-0.39, 0.29) is 0 Å². The summed E-state index contributed by atoms with van der Waals surface area (Å²) in [6, 6.07) is 8.63. The number of para-hydroxylation sites is 1. The minimum atomic E-state index is 1.05. The molecule has 0 N–H and O–H groups in total. The zero-order valence-electron chi connectivity index (χ0n) is 10.3. The molecule has 0 heterocycles. The van der Waals surface area contributed by atoms with Crippen LogP contribution in [0.25, 0.3) is 0 Å². The molecule has 0 amide bonds. The van der Waals surface area contributed by atoms with Crippen LogP contribution in [0.4, 0.5) is 5.69 Å². The summed E-state index contributed by atoms with van der Waals surface area (Å²) in [6.07, 6.45) is 6.70. The Bertz CT molecular complexity index is 444. The Hall–Kier alpha value is -0.903. The van der Waals surface area contributed by atoms with Crippen LogP contribution in [0.5, 0.6) is 0 Å². The molecular formula is C14H16LiN. The average molecular weight is 205 g/mol. The zero-order valence-corrected chi connectivity index (χ0v) is 10.3. The third-order valence-electron chi connectivity index (χ3n) is 3.15. The summed E-state index contributed by atoms with van der Waals surface area (Å²) < 4.78 is 1.51. The fraction of sp³-hybridized carbons (Fsp3) is 0.286. The van der Waals surface area contributed by atoms with E-state index in [0.717, 1.165) is 12.8 Å². The quantitative estimate of drug-likeness (QED) is 0.686. The molecular weight excluding hydrogens is 189 g/mol. The number of rotatable bonds is 3. The molecule has 0 saturated carbocycles. The van der Waals surface area contributed by atoms with Crippen LogP contribution in [0.3, 0.4) is 0 Å². The number of hydrogen-bond acceptors (Lipinski definition) is 1. The van der Waals surface area contributed by atoms with E-state index in [9.17, 15) is 0 Å². The minimum absolute atomic E-state index is 1.05. The van der Waals surface area contributed by atoms with Crippen molar-refractivity contribution in [3.63, 3.8) is 0 Å². The molecule has 0 unspecified atom stereocenters. The maximum absolute atomic E-state index is 2.27. The van der Waals surface area contributed by atoms with Gasteiger partial charge < -0.3 is 0 Å². The van der Waals surface area contributed by atoms with Gasteiger partial charge in [0.15, 0.2) is 0 Å². The van der Waals surface area contributed by atoms with Crippen LogP contribution in [0.15, 0.2) is 46.2 Å². The molecule has 2 rings (SSSR count). The molecule has 1 nitrogen and oxygen atoms in total. The fourth-order valence-electron chi connectivity index (χ4n) is 2.16. The summed E-state index contributed by atoms with van der Waals surface area (Å²) in [5.41, 5.74) is 4.21. The molecule has 1 aromatic rings. The number of allylic oxidation sites excluding steroid dienone is 4. The monoisotopic (exact) mass is 205 g/mol. The van der Waals surface area contributed by atoms with Gasteiger partial charge in [0, 0.05) is 0 Å². The summed E-state index contributed by atoms with van der Waals surface area (Å²) in [7, 11) is 4.20. The molecule has 0 radical (unpaired) electrons. The van der Waals surface area contributed by atoms with Crippen LogP contribution < -0.4 is 4.90 Å². The molecule has 16 heavy (non-hydrogen) atoms. The third kappa shape index (κ3) is 2.43. The molecule has 0 saturated heterocycles. The molecule has 78 valence electrons. The van der Waals surface area contributed by atoms with Crippen LogP contribution in [-0.4, -0.2) is 31.8 Å². The Morgan fingerprint density at radius 3 is 2.62 bits per heavy atom. The molecule has 0 fully saturated rings. The van der Waals surface area contributed by atoms with E-state index in [1.807, 2.05) is 0 Å². The normalized spacial score (nSPS) is 14.8. The van der Waals surface area contributed by atoms with Crippen molar-refractivity contribution in [3.8, 4) is 0 Å². The van der Waals surface area contributed by atoms with E-state index >= 15 is 0 Å². The van der Waals surface area contributed by atoms with Gasteiger partial charge in [-0.05, 0) is 0 Å². The second-order valence-electron chi connectivity index (χ2n) is 4.61. The molecule has 0 atom stereocenters. The van der Waals surface area contributed by atoms with Gasteiger partial charge in [-0.15, -0.1) is 0 Å². The van der Waals surface area contributed by atoms with Crippen molar-refractivity contribution in [2.45, 2.75) is 12.8 Å². The third-order valence-corrected chi connectivity index (χ3v) is 3.15. The first-order valence-electron chi connectivity index (χ1n) is 5.79. The predicted octanol–water partition coefficient (Wildman–Crippen LogP) is 2.68. The number of hydrogen-bond donors (Lipinski definition) is 0. The van der Waals surface area contributed by atoms with Crippen molar-refractivity contribution >= 4 is 23.4 Å². The van der Waals surface area contributed by atoms with Crippen molar-refractivity contribution in [3.05, 3.63) is 51.8 Å². The first-order chi connectivity index (χ1) is 7.68. The van der Waals surface area contributed by atoms with Crippen LogP contribution >= 0.6 is 0 Å². The zero-order chi connectivity index (χ0) is 11.5. The van der Waals surface area contributed by atoms with E-state index < -0.39 is 0 Å². The average Bonchev–Trinajstić information content (AvgIpc) is 2.65. The second kappa shape index (κ2) is 4.95. The Balaban J connectivity index is 2.28. The van der Waals surface area contributed by atoms with Crippen molar-refractivity contribution in [2.24, 2.45) is 0 Å². The van der Waals surface area contributed by atoms with Gasteiger partial charge in [0.1, 0.15) is 0 Å². The van der Waals surface area contributed by atoms with Crippen LogP contribution in [0, 0.1) is 0 Å². The summed E-state index contributed by atoms with van der Waals surface area (Å²) in [5, 5.41) is 0. The van der Waals surface area contributed by atoms with Crippen molar-refractivity contribution in [2.75, 3.05) is 19.0 Å². The van der Waals surface area contributed by atoms with Crippen LogP contribution in [0.1, 0.15) is 12.0 Å². The molecule has 0 bridgehead atoms. The predicted molar refractivity (Wildman–Crippen MR) is 71.0 cm³/mol. The van der Waals surface area contributed by atoms with Gasteiger partial charge in [0.05, 0.1) is 0 Å². The molecule has 1 aromatic carbocycles. The number of nitrogens with zero attached hydrogens (tertiary/aromatic N) is 1. The topological polar surface area (TPSA) is 3.24 Å². The maximum atomic E-state index is 2.27. The summed E-state index contributed by atoms with van der Waals surface area (Å²) in [6.45, 7) is 0. The summed E-state index contributed by atoms with van der Waals surface area (Å²) in [5.74, 6) is 0. The van der Waals surface area contributed by atoms with E-state index in [4.69, 9.17) is 0 Å². The molecule has 0 aromatic heterocycles. The fourth-order valence-corrected chi connectivity index (χ4v) is 2.16. The van der Waals surface area contributed by atoms with Crippen molar-refractivity contribution in [1.82, 2.24) is 0 Å². The molecule has 2 heteroatoms. The van der Waals surface area contributed by atoms with Crippen molar-refractivity contribution < 1.29 is 0 Å². The summed E-state index contributed by atoms with van der Waals surface area (Å²) >= 11 is 2.23. The van der Waals surface area contributed by atoms with Gasteiger partial charge >= 0.3 is 107 Å².